The normalized spacial score (nSPS) is 20.4. The minimum Gasteiger partial charge on any atom is -0.506 e. The molecule has 0 aliphatic heterocycles. The van der Waals surface area contributed by atoms with E-state index in [1.807, 2.05) is 31.2 Å². The maximum Gasteiger partial charge on any atom is 0.228 e. The molecular formula is C17H17NO2. The Morgan fingerprint density at radius 2 is 1.95 bits per heavy atom. The number of aryl methyl sites for hydroxylation is 1. The lowest BCUT2D eigenvalue weighted by atomic mass is 10.1. The van der Waals surface area contributed by atoms with Gasteiger partial charge >= 0.3 is 0 Å². The van der Waals surface area contributed by atoms with Crippen molar-refractivity contribution < 1.29 is 9.90 Å². The van der Waals surface area contributed by atoms with Gasteiger partial charge in [-0.05, 0) is 42.5 Å². The van der Waals surface area contributed by atoms with Crippen LogP contribution in [-0.2, 0) is 4.79 Å². The SMILES string of the molecule is Cc1ccc(NC(=O)C2CC2c2ccccc2)c(O)c1. The van der Waals surface area contributed by atoms with E-state index in [9.17, 15) is 9.90 Å². The summed E-state index contributed by atoms with van der Waals surface area (Å²) in [6.45, 7) is 1.90. The number of hydrogen-bond acceptors (Lipinski definition) is 2. The van der Waals surface area contributed by atoms with Gasteiger partial charge in [-0.1, -0.05) is 36.4 Å². The highest BCUT2D eigenvalue weighted by Crippen LogP contribution is 2.48. The van der Waals surface area contributed by atoms with Gasteiger partial charge in [-0.2, -0.15) is 0 Å². The molecule has 2 aromatic rings. The van der Waals surface area contributed by atoms with Gasteiger partial charge in [0, 0.05) is 5.92 Å². The van der Waals surface area contributed by atoms with Crippen LogP contribution in [-0.4, -0.2) is 11.0 Å². The summed E-state index contributed by atoms with van der Waals surface area (Å²) in [4.78, 5) is 12.2. The summed E-state index contributed by atoms with van der Waals surface area (Å²) < 4.78 is 0. The molecule has 0 spiro atoms. The van der Waals surface area contributed by atoms with Crippen molar-refractivity contribution in [2.45, 2.75) is 19.3 Å². The standard InChI is InChI=1S/C17H17NO2/c1-11-7-8-15(16(19)9-11)18-17(20)14-10-13(14)12-5-3-2-4-6-12/h2-9,13-14,19H,10H2,1H3,(H,18,20). The molecule has 1 amide bonds. The van der Waals surface area contributed by atoms with Crippen LogP contribution in [0.5, 0.6) is 5.75 Å². The lowest BCUT2D eigenvalue weighted by Gasteiger charge is -2.08. The number of anilines is 1. The lowest BCUT2D eigenvalue weighted by molar-refractivity contribution is -0.117. The van der Waals surface area contributed by atoms with Crippen molar-refractivity contribution in [2.75, 3.05) is 5.32 Å². The Bertz CT molecular complexity index is 637. The van der Waals surface area contributed by atoms with Crippen LogP contribution in [0.15, 0.2) is 48.5 Å². The van der Waals surface area contributed by atoms with Crippen LogP contribution in [0.25, 0.3) is 0 Å². The van der Waals surface area contributed by atoms with Crippen molar-refractivity contribution in [3.63, 3.8) is 0 Å². The second-order valence-corrected chi connectivity index (χ2v) is 5.37. The molecule has 3 heteroatoms. The average molecular weight is 267 g/mol. The predicted molar refractivity (Wildman–Crippen MR) is 78.8 cm³/mol. The van der Waals surface area contributed by atoms with Crippen molar-refractivity contribution in [2.24, 2.45) is 5.92 Å². The fraction of sp³-hybridized carbons (Fsp3) is 0.235. The molecule has 1 aliphatic carbocycles. The van der Waals surface area contributed by atoms with Gasteiger partial charge in [0.15, 0.2) is 0 Å². The van der Waals surface area contributed by atoms with Crippen LogP contribution in [0, 0.1) is 12.8 Å². The first-order valence-electron chi connectivity index (χ1n) is 6.80. The summed E-state index contributed by atoms with van der Waals surface area (Å²) in [6.07, 6.45) is 0.877. The largest absolute Gasteiger partial charge is 0.506 e. The van der Waals surface area contributed by atoms with Crippen molar-refractivity contribution in [1.29, 1.82) is 0 Å². The Balaban J connectivity index is 1.67. The molecule has 1 fully saturated rings. The second kappa shape index (κ2) is 5.00. The quantitative estimate of drug-likeness (QED) is 0.837. The fourth-order valence-corrected chi connectivity index (χ4v) is 2.53. The molecule has 1 aliphatic rings. The molecule has 2 atom stereocenters. The van der Waals surface area contributed by atoms with Crippen molar-refractivity contribution in [1.82, 2.24) is 0 Å². The number of amides is 1. The van der Waals surface area contributed by atoms with Crippen LogP contribution in [0.2, 0.25) is 0 Å². The molecule has 102 valence electrons. The number of carbonyl (C=O) groups excluding carboxylic acids is 1. The molecule has 1 saturated carbocycles. The van der Waals surface area contributed by atoms with E-state index in [1.165, 1.54) is 5.56 Å². The highest BCUT2D eigenvalue weighted by atomic mass is 16.3. The summed E-state index contributed by atoms with van der Waals surface area (Å²) >= 11 is 0. The van der Waals surface area contributed by atoms with Crippen molar-refractivity contribution in [3.8, 4) is 5.75 Å². The molecule has 2 unspecified atom stereocenters. The van der Waals surface area contributed by atoms with Gasteiger partial charge in [0.25, 0.3) is 0 Å². The molecule has 0 saturated heterocycles. The number of aromatic hydroxyl groups is 1. The summed E-state index contributed by atoms with van der Waals surface area (Å²) in [7, 11) is 0. The Morgan fingerprint density at radius 3 is 2.65 bits per heavy atom. The molecule has 20 heavy (non-hydrogen) atoms. The van der Waals surface area contributed by atoms with Gasteiger partial charge in [-0.15, -0.1) is 0 Å². The number of hydrogen-bond donors (Lipinski definition) is 2. The Hall–Kier alpha value is -2.29. The highest BCUT2D eigenvalue weighted by Gasteiger charge is 2.43. The Morgan fingerprint density at radius 1 is 1.20 bits per heavy atom. The molecule has 0 heterocycles. The molecule has 3 nitrogen and oxygen atoms in total. The van der Waals surface area contributed by atoms with Crippen molar-refractivity contribution in [3.05, 3.63) is 59.7 Å². The summed E-state index contributed by atoms with van der Waals surface area (Å²) in [6, 6.07) is 15.3. The number of phenols is 1. The maximum atomic E-state index is 12.2. The molecule has 0 radical (unpaired) electrons. The van der Waals surface area contributed by atoms with E-state index in [4.69, 9.17) is 0 Å². The summed E-state index contributed by atoms with van der Waals surface area (Å²) in [5.41, 5.74) is 2.66. The van der Waals surface area contributed by atoms with Crippen LogP contribution < -0.4 is 5.32 Å². The lowest BCUT2D eigenvalue weighted by Crippen LogP contribution is -2.14. The molecular weight excluding hydrogens is 250 g/mol. The highest BCUT2D eigenvalue weighted by molar-refractivity contribution is 5.96. The summed E-state index contributed by atoms with van der Waals surface area (Å²) in [5.74, 6) is 0.426. The van der Waals surface area contributed by atoms with Gasteiger partial charge in [-0.25, -0.2) is 0 Å². The Labute approximate surface area is 118 Å². The monoisotopic (exact) mass is 267 g/mol. The van der Waals surface area contributed by atoms with Gasteiger partial charge in [0.05, 0.1) is 5.69 Å². The maximum absolute atomic E-state index is 12.2. The minimum absolute atomic E-state index is 0.0121. The molecule has 2 N–H and O–H groups in total. The zero-order valence-corrected chi connectivity index (χ0v) is 11.3. The molecule has 0 aromatic heterocycles. The minimum atomic E-state index is -0.0157. The van der Waals surface area contributed by atoms with E-state index >= 15 is 0 Å². The van der Waals surface area contributed by atoms with Crippen LogP contribution in [0.4, 0.5) is 5.69 Å². The third-order valence-electron chi connectivity index (χ3n) is 3.77. The third-order valence-corrected chi connectivity index (χ3v) is 3.77. The first-order chi connectivity index (χ1) is 9.65. The van der Waals surface area contributed by atoms with Gasteiger partial charge in [0.2, 0.25) is 5.91 Å². The van der Waals surface area contributed by atoms with Gasteiger partial charge in [-0.3, -0.25) is 4.79 Å². The average Bonchev–Trinajstić information content (AvgIpc) is 3.23. The zero-order valence-electron chi connectivity index (χ0n) is 11.3. The van der Waals surface area contributed by atoms with Gasteiger partial charge < -0.3 is 10.4 Å². The van der Waals surface area contributed by atoms with E-state index in [2.05, 4.69) is 17.4 Å². The smallest absolute Gasteiger partial charge is 0.228 e. The van der Waals surface area contributed by atoms with E-state index < -0.39 is 0 Å². The van der Waals surface area contributed by atoms with Crippen molar-refractivity contribution >= 4 is 11.6 Å². The summed E-state index contributed by atoms with van der Waals surface area (Å²) in [5, 5.41) is 12.6. The zero-order chi connectivity index (χ0) is 14.1. The van der Waals surface area contributed by atoms with Crippen LogP contribution >= 0.6 is 0 Å². The second-order valence-electron chi connectivity index (χ2n) is 5.37. The number of benzene rings is 2. The first-order valence-corrected chi connectivity index (χ1v) is 6.80. The number of nitrogens with one attached hydrogen (secondary N) is 1. The van der Waals surface area contributed by atoms with Gasteiger partial charge in [0.1, 0.15) is 5.75 Å². The predicted octanol–water partition coefficient (Wildman–Crippen LogP) is 3.44. The molecule has 0 bridgehead atoms. The fourth-order valence-electron chi connectivity index (χ4n) is 2.53. The van der Waals surface area contributed by atoms with E-state index in [1.54, 1.807) is 12.1 Å². The molecule has 2 aromatic carbocycles. The van der Waals surface area contributed by atoms with E-state index in [0.717, 1.165) is 12.0 Å². The first kappa shape index (κ1) is 12.7. The van der Waals surface area contributed by atoms with Crippen LogP contribution in [0.1, 0.15) is 23.5 Å². The van der Waals surface area contributed by atoms with E-state index in [-0.39, 0.29) is 17.6 Å². The van der Waals surface area contributed by atoms with Crippen LogP contribution in [0.3, 0.4) is 0 Å². The number of rotatable bonds is 3. The topological polar surface area (TPSA) is 49.3 Å². The number of carbonyl (C=O) groups is 1. The number of phenolic OH excluding ortho intramolecular Hbond substituents is 1. The van der Waals surface area contributed by atoms with E-state index in [0.29, 0.717) is 11.6 Å². The Kier molecular flexibility index (Phi) is 3.18. The third kappa shape index (κ3) is 2.52. The molecule has 3 rings (SSSR count).